The molecular formula is C23H23O6P. The average molecular weight is 426 g/mol. The lowest BCUT2D eigenvalue weighted by molar-refractivity contribution is -0.139. The topological polar surface area (TPSA) is 82.1 Å². The van der Waals surface area contributed by atoms with Crippen LogP contribution in [-0.4, -0.2) is 17.7 Å². The summed E-state index contributed by atoms with van der Waals surface area (Å²) in [5.41, 5.74) is 2.54. The van der Waals surface area contributed by atoms with E-state index in [0.717, 1.165) is 16.7 Å². The van der Waals surface area contributed by atoms with Gasteiger partial charge < -0.3 is 18.9 Å². The predicted octanol–water partition coefficient (Wildman–Crippen LogP) is 5.28. The summed E-state index contributed by atoms with van der Waals surface area (Å²) in [5.74, 6) is -0.626. The molecule has 0 aliphatic heterocycles. The molecule has 6 nitrogen and oxygen atoms in total. The summed E-state index contributed by atoms with van der Waals surface area (Å²) in [6.45, 7) is -0.0718. The summed E-state index contributed by atoms with van der Waals surface area (Å²) in [6, 6.07) is 25.7. The van der Waals surface area contributed by atoms with Gasteiger partial charge in [-0.05, 0) is 28.8 Å². The van der Waals surface area contributed by atoms with Gasteiger partial charge in [-0.2, -0.15) is 0 Å². The first-order chi connectivity index (χ1) is 14.5. The first-order valence-electron chi connectivity index (χ1n) is 9.42. The van der Waals surface area contributed by atoms with Crippen molar-refractivity contribution in [3.8, 4) is 5.75 Å². The third-order valence-corrected chi connectivity index (χ3v) is 6.00. The highest BCUT2D eigenvalue weighted by Crippen LogP contribution is 2.53. The third-order valence-electron chi connectivity index (χ3n) is 4.20. The average Bonchev–Trinajstić information content (AvgIpc) is 2.77. The van der Waals surface area contributed by atoms with Gasteiger partial charge in [-0.25, -0.2) is 4.79 Å². The quantitative estimate of drug-likeness (QED) is 0.420. The Morgan fingerprint density at radius 1 is 0.733 bits per heavy atom. The zero-order chi connectivity index (χ0) is 21.2. The van der Waals surface area contributed by atoms with Crippen molar-refractivity contribution < 1.29 is 28.3 Å². The number of carboxylic acids is 1. The number of aliphatic carboxylic acids is 1. The van der Waals surface area contributed by atoms with Crippen molar-refractivity contribution in [2.24, 2.45) is 0 Å². The first-order valence-corrected chi connectivity index (χ1v) is 11.1. The molecule has 3 rings (SSSR count). The number of hydrogen-bond acceptors (Lipinski definition) is 5. The molecule has 0 saturated carbocycles. The summed E-state index contributed by atoms with van der Waals surface area (Å²) in [5, 5.41) is 8.69. The van der Waals surface area contributed by atoms with E-state index >= 15 is 0 Å². The maximum atomic E-state index is 13.5. The molecule has 1 N–H and O–H groups in total. The fraction of sp³-hybridized carbons (Fsp3) is 0.174. The molecule has 0 radical (unpaired) electrons. The zero-order valence-electron chi connectivity index (χ0n) is 16.3. The van der Waals surface area contributed by atoms with Crippen LogP contribution in [0.1, 0.15) is 16.7 Å². The number of ether oxygens (including phenoxy) is 1. The van der Waals surface area contributed by atoms with Crippen LogP contribution in [0.5, 0.6) is 5.75 Å². The second-order valence-electron chi connectivity index (χ2n) is 6.61. The second-order valence-corrected chi connectivity index (χ2v) is 8.67. The van der Waals surface area contributed by atoms with E-state index in [0.29, 0.717) is 5.75 Å². The molecule has 156 valence electrons. The van der Waals surface area contributed by atoms with Crippen LogP contribution in [0.25, 0.3) is 0 Å². The second kappa shape index (κ2) is 10.7. The van der Waals surface area contributed by atoms with Crippen LogP contribution in [-0.2, 0) is 37.8 Å². The van der Waals surface area contributed by atoms with Crippen molar-refractivity contribution in [3.63, 3.8) is 0 Å². The lowest BCUT2D eigenvalue weighted by Gasteiger charge is -2.19. The molecule has 0 heterocycles. The highest BCUT2D eigenvalue weighted by atomic mass is 31.2. The molecule has 0 fully saturated rings. The van der Waals surface area contributed by atoms with Gasteiger partial charge in [0.25, 0.3) is 0 Å². The summed E-state index contributed by atoms with van der Waals surface area (Å²) >= 11 is 0. The SMILES string of the molecule is O=C(O)COc1ccc(CP(=O)(OCc2ccccc2)OCc2ccccc2)cc1. The largest absolute Gasteiger partial charge is 0.482 e. The molecule has 0 atom stereocenters. The maximum absolute atomic E-state index is 13.5. The van der Waals surface area contributed by atoms with Gasteiger partial charge in [-0.15, -0.1) is 0 Å². The van der Waals surface area contributed by atoms with Crippen LogP contribution in [0.3, 0.4) is 0 Å². The van der Waals surface area contributed by atoms with E-state index < -0.39 is 20.2 Å². The van der Waals surface area contributed by atoms with Crippen LogP contribution < -0.4 is 4.74 Å². The Kier molecular flexibility index (Phi) is 7.80. The molecule has 0 aliphatic carbocycles. The molecule has 0 aliphatic rings. The molecule has 0 unspecified atom stereocenters. The molecule has 0 bridgehead atoms. The van der Waals surface area contributed by atoms with Crippen molar-refractivity contribution in [2.75, 3.05) is 6.61 Å². The van der Waals surface area contributed by atoms with Crippen molar-refractivity contribution in [1.29, 1.82) is 0 Å². The Morgan fingerprint density at radius 2 is 1.23 bits per heavy atom. The van der Waals surface area contributed by atoms with E-state index in [4.69, 9.17) is 18.9 Å². The zero-order valence-corrected chi connectivity index (χ0v) is 17.2. The summed E-state index contributed by atoms with van der Waals surface area (Å²) < 4.78 is 30.2. The van der Waals surface area contributed by atoms with Gasteiger partial charge in [0.1, 0.15) is 5.75 Å². The van der Waals surface area contributed by atoms with Gasteiger partial charge in [0, 0.05) is 0 Å². The Morgan fingerprint density at radius 3 is 1.70 bits per heavy atom. The lowest BCUT2D eigenvalue weighted by atomic mass is 10.2. The fourth-order valence-corrected chi connectivity index (χ4v) is 4.29. The van der Waals surface area contributed by atoms with Gasteiger partial charge in [0.2, 0.25) is 0 Å². The fourth-order valence-electron chi connectivity index (χ4n) is 2.68. The number of carbonyl (C=O) groups is 1. The normalized spacial score (nSPS) is 11.2. The molecule has 0 spiro atoms. The Bertz CT molecular complexity index is 926. The van der Waals surface area contributed by atoms with Crippen LogP contribution in [0.15, 0.2) is 84.9 Å². The number of benzene rings is 3. The third kappa shape index (κ3) is 7.16. The van der Waals surface area contributed by atoms with Gasteiger partial charge in [0.05, 0.1) is 19.4 Å². The van der Waals surface area contributed by atoms with E-state index in [1.165, 1.54) is 0 Å². The minimum absolute atomic E-state index is 0.0892. The Hall–Kier alpha value is -2.92. The molecule has 0 amide bonds. The van der Waals surface area contributed by atoms with Crippen molar-refractivity contribution in [1.82, 2.24) is 0 Å². The van der Waals surface area contributed by atoms with Gasteiger partial charge in [-0.1, -0.05) is 72.8 Å². The summed E-state index contributed by atoms with van der Waals surface area (Å²) in [7, 11) is -3.45. The van der Waals surface area contributed by atoms with Crippen LogP contribution in [0.2, 0.25) is 0 Å². The molecule has 3 aromatic rings. The molecule has 0 saturated heterocycles. The van der Waals surface area contributed by atoms with Gasteiger partial charge in [-0.3, -0.25) is 4.57 Å². The Balaban J connectivity index is 1.69. The van der Waals surface area contributed by atoms with E-state index in [-0.39, 0.29) is 19.4 Å². The summed E-state index contributed by atoms with van der Waals surface area (Å²) in [6.07, 6.45) is 0.0892. The van der Waals surface area contributed by atoms with E-state index in [9.17, 15) is 9.36 Å². The van der Waals surface area contributed by atoms with Crippen LogP contribution in [0, 0.1) is 0 Å². The number of rotatable bonds is 11. The monoisotopic (exact) mass is 426 g/mol. The standard InChI is InChI=1S/C23H23O6P/c24-23(25)17-27-22-13-11-21(12-14-22)18-30(26,28-15-19-7-3-1-4-8-19)29-16-20-9-5-2-6-10-20/h1-14H,15-18H2,(H,24,25). The van der Waals surface area contributed by atoms with E-state index in [2.05, 4.69) is 0 Å². The Labute approximate surface area is 175 Å². The molecule has 30 heavy (non-hydrogen) atoms. The van der Waals surface area contributed by atoms with Crippen molar-refractivity contribution in [2.45, 2.75) is 19.4 Å². The van der Waals surface area contributed by atoms with E-state index in [1.54, 1.807) is 24.3 Å². The predicted molar refractivity (Wildman–Crippen MR) is 113 cm³/mol. The van der Waals surface area contributed by atoms with Crippen LogP contribution >= 0.6 is 7.60 Å². The van der Waals surface area contributed by atoms with Crippen molar-refractivity contribution in [3.05, 3.63) is 102 Å². The van der Waals surface area contributed by atoms with E-state index in [1.807, 2.05) is 60.7 Å². The highest BCUT2D eigenvalue weighted by molar-refractivity contribution is 7.52. The molecule has 3 aromatic carbocycles. The minimum atomic E-state index is -3.45. The van der Waals surface area contributed by atoms with Crippen molar-refractivity contribution >= 4 is 13.6 Å². The summed E-state index contributed by atoms with van der Waals surface area (Å²) in [4.78, 5) is 10.6. The highest BCUT2D eigenvalue weighted by Gasteiger charge is 2.26. The van der Waals surface area contributed by atoms with Crippen LogP contribution in [0.4, 0.5) is 0 Å². The number of carboxylic acid groups (broad SMARTS) is 1. The maximum Gasteiger partial charge on any atom is 0.341 e. The first kappa shape index (κ1) is 21.8. The van der Waals surface area contributed by atoms with Gasteiger partial charge in [0.15, 0.2) is 6.61 Å². The molecular weight excluding hydrogens is 403 g/mol. The molecule has 7 heteroatoms. The molecule has 0 aromatic heterocycles. The smallest absolute Gasteiger partial charge is 0.341 e. The lowest BCUT2D eigenvalue weighted by Crippen LogP contribution is -2.09. The minimum Gasteiger partial charge on any atom is -0.482 e. The van der Waals surface area contributed by atoms with Gasteiger partial charge >= 0.3 is 13.6 Å². The number of hydrogen-bond donors (Lipinski definition) is 1.